The van der Waals surface area contributed by atoms with Crippen LogP contribution in [0.2, 0.25) is 0 Å². The lowest BCUT2D eigenvalue weighted by Gasteiger charge is -2.35. The molecule has 0 spiro atoms. The van der Waals surface area contributed by atoms with Crippen LogP contribution in [0.3, 0.4) is 0 Å². The van der Waals surface area contributed by atoms with Gasteiger partial charge in [0.25, 0.3) is 15.9 Å². The lowest BCUT2D eigenvalue weighted by molar-refractivity contribution is -0.119. The van der Waals surface area contributed by atoms with Gasteiger partial charge < -0.3 is 24.6 Å². The zero-order valence-electron chi connectivity index (χ0n) is 22.8. The van der Waals surface area contributed by atoms with E-state index in [2.05, 4.69) is 15.7 Å². The van der Waals surface area contributed by atoms with Crippen LogP contribution in [0.1, 0.15) is 25.8 Å². The topological polar surface area (TPSA) is 161 Å². The molecule has 41 heavy (non-hydrogen) atoms. The number of carbonyl (C=O) groups is 2. The third-order valence-corrected chi connectivity index (χ3v) is 7.85. The number of ether oxygens (including phenoxy) is 3. The van der Waals surface area contributed by atoms with Crippen molar-refractivity contribution in [3.63, 3.8) is 0 Å². The zero-order chi connectivity index (χ0) is 29.4. The fourth-order valence-corrected chi connectivity index (χ4v) is 5.72. The minimum absolute atomic E-state index is 0.0545. The molecule has 1 aromatic heterocycles. The fourth-order valence-electron chi connectivity index (χ4n) is 4.14. The number of aromatic nitrogens is 2. The Morgan fingerprint density at radius 1 is 1.17 bits per heavy atom. The smallest absolute Gasteiger partial charge is 0.409 e. The molecule has 0 fully saturated rings. The van der Waals surface area contributed by atoms with E-state index in [0.29, 0.717) is 26.2 Å². The predicted molar refractivity (Wildman–Crippen MR) is 150 cm³/mol. The number of amides is 2. The van der Waals surface area contributed by atoms with Gasteiger partial charge >= 0.3 is 6.09 Å². The minimum atomic E-state index is -4.27. The van der Waals surface area contributed by atoms with Crippen molar-refractivity contribution in [1.82, 2.24) is 15.1 Å². The SMILES string of the molecule is CCn1cc(S(=O)(=O)N2CC(CNC(C)=O)Oc3ccc(NC(=O)O)cc32)c(OCCCOCc2ccccc2)n1. The molecular formula is C27H33N5O8S. The van der Waals surface area contributed by atoms with Crippen molar-refractivity contribution in [2.45, 2.75) is 44.4 Å². The van der Waals surface area contributed by atoms with Gasteiger partial charge in [-0.05, 0) is 30.7 Å². The molecule has 14 heteroatoms. The summed E-state index contributed by atoms with van der Waals surface area (Å²) in [4.78, 5) is 22.6. The lowest BCUT2D eigenvalue weighted by atomic mass is 10.2. The Hall–Kier alpha value is -4.30. The van der Waals surface area contributed by atoms with Crippen LogP contribution in [-0.4, -0.2) is 67.7 Å². The van der Waals surface area contributed by atoms with Crippen LogP contribution in [0.15, 0.2) is 59.6 Å². The molecule has 1 atom stereocenters. The van der Waals surface area contributed by atoms with Crippen molar-refractivity contribution in [3.8, 4) is 11.6 Å². The monoisotopic (exact) mass is 587 g/mol. The molecule has 0 radical (unpaired) electrons. The van der Waals surface area contributed by atoms with Crippen LogP contribution in [0.25, 0.3) is 0 Å². The van der Waals surface area contributed by atoms with Crippen LogP contribution in [-0.2, 0) is 32.7 Å². The molecule has 0 bridgehead atoms. The normalized spacial score (nSPS) is 14.6. The van der Waals surface area contributed by atoms with Gasteiger partial charge in [0, 0.05) is 31.8 Å². The van der Waals surface area contributed by atoms with Gasteiger partial charge in [-0.3, -0.25) is 19.1 Å². The third-order valence-electron chi connectivity index (χ3n) is 6.09. The Labute approximate surface area is 238 Å². The van der Waals surface area contributed by atoms with E-state index in [9.17, 15) is 18.0 Å². The molecular weight excluding hydrogens is 554 g/mol. The Morgan fingerprint density at radius 3 is 2.66 bits per heavy atom. The van der Waals surface area contributed by atoms with Crippen molar-refractivity contribution in [2.75, 3.05) is 35.9 Å². The van der Waals surface area contributed by atoms with Crippen molar-refractivity contribution in [1.29, 1.82) is 0 Å². The molecule has 13 nitrogen and oxygen atoms in total. The first-order valence-electron chi connectivity index (χ1n) is 13.1. The molecule has 0 saturated carbocycles. The quantitative estimate of drug-likeness (QED) is 0.255. The van der Waals surface area contributed by atoms with E-state index >= 15 is 0 Å². The molecule has 3 aromatic rings. The third kappa shape index (κ3) is 7.67. The number of hydrogen-bond acceptors (Lipinski definition) is 8. The molecule has 2 amide bonds. The second kappa shape index (κ2) is 13.4. The molecule has 1 aliphatic heterocycles. The highest BCUT2D eigenvalue weighted by atomic mass is 32.2. The van der Waals surface area contributed by atoms with E-state index in [-0.39, 0.29) is 53.5 Å². The van der Waals surface area contributed by atoms with E-state index in [1.165, 1.54) is 36.0 Å². The lowest BCUT2D eigenvalue weighted by Crippen LogP contribution is -2.48. The van der Waals surface area contributed by atoms with Gasteiger partial charge in [0.05, 0.1) is 38.6 Å². The maximum absolute atomic E-state index is 14.1. The number of rotatable bonds is 13. The van der Waals surface area contributed by atoms with Gasteiger partial charge in [-0.2, -0.15) is 0 Å². The zero-order valence-corrected chi connectivity index (χ0v) is 23.6. The average molecular weight is 588 g/mol. The van der Waals surface area contributed by atoms with Gasteiger partial charge in [0.1, 0.15) is 11.9 Å². The van der Waals surface area contributed by atoms with Crippen LogP contribution >= 0.6 is 0 Å². The molecule has 1 aliphatic rings. The summed E-state index contributed by atoms with van der Waals surface area (Å²) < 4.78 is 48.2. The Bertz CT molecular complexity index is 1460. The number of fused-ring (bicyclic) bond motifs is 1. The van der Waals surface area contributed by atoms with Crippen molar-refractivity contribution in [3.05, 3.63) is 60.3 Å². The summed E-state index contributed by atoms with van der Waals surface area (Å²) in [5, 5.41) is 18.3. The van der Waals surface area contributed by atoms with Gasteiger partial charge in [0.2, 0.25) is 5.91 Å². The molecule has 220 valence electrons. The summed E-state index contributed by atoms with van der Waals surface area (Å²) in [6, 6.07) is 14.1. The predicted octanol–water partition coefficient (Wildman–Crippen LogP) is 3.07. The molecule has 2 aromatic carbocycles. The minimum Gasteiger partial charge on any atom is -0.484 e. The van der Waals surface area contributed by atoms with Crippen molar-refractivity contribution in [2.24, 2.45) is 0 Å². The van der Waals surface area contributed by atoms with E-state index in [1.54, 1.807) is 0 Å². The highest BCUT2D eigenvalue weighted by molar-refractivity contribution is 7.93. The number of sulfonamides is 1. The number of carbonyl (C=O) groups excluding carboxylic acids is 1. The fraction of sp³-hybridized carbons (Fsp3) is 0.370. The van der Waals surface area contributed by atoms with Gasteiger partial charge in [-0.1, -0.05) is 30.3 Å². The molecule has 0 aliphatic carbocycles. The van der Waals surface area contributed by atoms with Gasteiger partial charge in [-0.15, -0.1) is 5.10 Å². The summed E-state index contributed by atoms with van der Waals surface area (Å²) in [6.45, 7) is 4.55. The van der Waals surface area contributed by atoms with E-state index in [0.717, 1.165) is 9.87 Å². The molecule has 0 saturated heterocycles. The van der Waals surface area contributed by atoms with Gasteiger partial charge in [-0.25, -0.2) is 13.2 Å². The summed E-state index contributed by atoms with van der Waals surface area (Å²) in [7, 11) is -4.27. The first-order valence-corrected chi connectivity index (χ1v) is 14.5. The number of nitrogens with zero attached hydrogens (tertiary/aromatic N) is 3. The number of carboxylic acid groups (broad SMARTS) is 1. The first-order chi connectivity index (χ1) is 19.7. The maximum Gasteiger partial charge on any atom is 0.409 e. The second-order valence-electron chi connectivity index (χ2n) is 9.22. The average Bonchev–Trinajstić information content (AvgIpc) is 3.38. The summed E-state index contributed by atoms with van der Waals surface area (Å²) in [6.07, 6.45) is -0.0955. The van der Waals surface area contributed by atoms with E-state index in [1.807, 2.05) is 37.3 Å². The number of hydrogen-bond donors (Lipinski definition) is 3. The Balaban J connectivity index is 1.54. The van der Waals surface area contributed by atoms with Gasteiger partial charge in [0.15, 0.2) is 4.90 Å². The maximum atomic E-state index is 14.1. The highest BCUT2D eigenvalue weighted by Crippen LogP contribution is 2.40. The Morgan fingerprint density at radius 2 is 1.95 bits per heavy atom. The number of aryl methyl sites for hydroxylation is 1. The first kappa shape index (κ1) is 29.7. The standard InChI is InChI=1S/C27H33N5O8S/c1-3-31-17-25(26(30-31)39-13-7-12-38-18-20-8-5-4-6-9-20)41(36,37)32-16-22(15-28-19(2)33)40-24-11-10-21(14-23(24)32)29-27(34)35/h4-6,8-11,14,17,22,29H,3,7,12-13,15-16,18H2,1-2H3,(H,28,33)(H,34,35). The molecule has 1 unspecified atom stereocenters. The van der Waals surface area contributed by atoms with Crippen molar-refractivity contribution < 1.29 is 37.3 Å². The Kier molecular flexibility index (Phi) is 9.68. The van der Waals surface area contributed by atoms with Crippen molar-refractivity contribution >= 4 is 33.4 Å². The summed E-state index contributed by atoms with van der Waals surface area (Å²) in [5.41, 5.74) is 1.35. The molecule has 2 heterocycles. The van der Waals surface area contributed by atoms with E-state index in [4.69, 9.17) is 19.3 Å². The second-order valence-corrected chi connectivity index (χ2v) is 11.1. The summed E-state index contributed by atoms with van der Waals surface area (Å²) in [5.74, 6) is -0.129. The van der Waals surface area contributed by atoms with Crippen LogP contribution in [0, 0.1) is 0 Å². The van der Waals surface area contributed by atoms with Crippen LogP contribution in [0.4, 0.5) is 16.2 Å². The summed E-state index contributed by atoms with van der Waals surface area (Å²) >= 11 is 0. The number of benzene rings is 2. The largest absolute Gasteiger partial charge is 0.484 e. The number of nitrogens with one attached hydrogen (secondary N) is 2. The molecule has 3 N–H and O–H groups in total. The van der Waals surface area contributed by atoms with E-state index < -0.39 is 22.2 Å². The van der Waals surface area contributed by atoms with Crippen LogP contribution in [0.5, 0.6) is 11.6 Å². The molecule has 4 rings (SSSR count). The van der Waals surface area contributed by atoms with Crippen LogP contribution < -0.4 is 24.4 Å². The number of anilines is 2. The highest BCUT2D eigenvalue weighted by Gasteiger charge is 2.38.